The number of hydrogen-bond acceptors (Lipinski definition) is 12. The van der Waals surface area contributed by atoms with Gasteiger partial charge in [0, 0.05) is 43.4 Å². The van der Waals surface area contributed by atoms with Crippen LogP contribution in [0.15, 0.2) is 82.6 Å². The van der Waals surface area contributed by atoms with Crippen molar-refractivity contribution >= 4 is 17.7 Å². The summed E-state index contributed by atoms with van der Waals surface area (Å²) < 4.78 is 37.5. The molecule has 288 valence electrons. The summed E-state index contributed by atoms with van der Waals surface area (Å²) in [7, 11) is 2.80. The zero-order valence-corrected chi connectivity index (χ0v) is 31.6. The second kappa shape index (κ2) is 16.0. The molecule has 12 nitrogen and oxygen atoms in total. The maximum Gasteiger partial charge on any atom is 0.361 e. The molecule has 4 heterocycles. The van der Waals surface area contributed by atoms with Crippen molar-refractivity contribution < 1.29 is 53.1 Å². The van der Waals surface area contributed by atoms with E-state index in [0.717, 1.165) is 12.0 Å². The summed E-state index contributed by atoms with van der Waals surface area (Å²) in [6.07, 6.45) is 6.16. The van der Waals surface area contributed by atoms with Gasteiger partial charge in [-0.05, 0) is 50.7 Å². The van der Waals surface area contributed by atoms with E-state index in [0.29, 0.717) is 42.7 Å². The molecule has 3 fully saturated rings. The van der Waals surface area contributed by atoms with E-state index in [4.69, 9.17) is 33.3 Å². The molecule has 7 unspecified atom stereocenters. The number of hydrogen-bond donors (Lipinski definition) is 2. The molecule has 0 amide bonds. The Morgan fingerprint density at radius 1 is 1.04 bits per heavy atom. The van der Waals surface area contributed by atoms with Crippen molar-refractivity contribution in [2.24, 2.45) is 22.9 Å². The predicted molar refractivity (Wildman–Crippen MR) is 194 cm³/mol. The number of aliphatic hydroxyl groups is 2. The molecule has 1 spiro atoms. The summed E-state index contributed by atoms with van der Waals surface area (Å²) in [5.41, 5.74) is 0.0890. The Kier molecular flexibility index (Phi) is 11.8. The molecule has 2 N–H and O–H groups in total. The van der Waals surface area contributed by atoms with Gasteiger partial charge in [0.15, 0.2) is 17.8 Å². The number of allylic oxidation sites excluding steroid dienone is 2. The molecule has 1 aliphatic carbocycles. The van der Waals surface area contributed by atoms with Crippen LogP contribution in [0.5, 0.6) is 0 Å². The summed E-state index contributed by atoms with van der Waals surface area (Å²) in [4.78, 5) is 33.1. The van der Waals surface area contributed by atoms with Gasteiger partial charge in [-0.2, -0.15) is 0 Å². The number of aliphatic hydroxyl groups excluding tert-OH is 1. The number of oxime groups is 1. The van der Waals surface area contributed by atoms with Gasteiger partial charge in [0.25, 0.3) is 0 Å². The number of carbonyl (C=O) groups excluding carboxylic acids is 2. The quantitative estimate of drug-likeness (QED) is 0.180. The Bertz CT molecular complexity index is 1670. The molecular formula is C41H53NO11. The Labute approximate surface area is 311 Å². The highest BCUT2D eigenvalue weighted by Crippen LogP contribution is 2.49. The second-order valence-electron chi connectivity index (χ2n) is 15.1. The summed E-state index contributed by atoms with van der Waals surface area (Å²) in [6.45, 7) is 9.69. The lowest BCUT2D eigenvalue weighted by molar-refractivity contribution is -0.332. The summed E-state index contributed by atoms with van der Waals surface area (Å²) in [6, 6.07) is 8.95. The monoisotopic (exact) mass is 735 g/mol. The number of esters is 2. The topological polar surface area (TPSA) is 152 Å². The summed E-state index contributed by atoms with van der Waals surface area (Å²) >= 11 is 0. The Morgan fingerprint density at radius 3 is 2.49 bits per heavy atom. The molecule has 12 atom stereocenters. The molecule has 0 aromatic heterocycles. The smallest absolute Gasteiger partial charge is 0.361 e. The third-order valence-electron chi connectivity index (χ3n) is 11.4. The van der Waals surface area contributed by atoms with Gasteiger partial charge in [-0.3, -0.25) is 4.79 Å². The second-order valence-corrected chi connectivity index (χ2v) is 15.1. The highest BCUT2D eigenvalue weighted by Gasteiger charge is 2.63. The van der Waals surface area contributed by atoms with Crippen molar-refractivity contribution in [1.82, 2.24) is 0 Å². The van der Waals surface area contributed by atoms with Crippen molar-refractivity contribution in [2.45, 2.75) is 121 Å². The van der Waals surface area contributed by atoms with Crippen LogP contribution in [0, 0.1) is 17.8 Å². The van der Waals surface area contributed by atoms with Gasteiger partial charge in [0.2, 0.25) is 0 Å². The van der Waals surface area contributed by atoms with Crippen LogP contribution in [0.3, 0.4) is 0 Å². The molecule has 6 rings (SSSR count). The third-order valence-corrected chi connectivity index (χ3v) is 11.4. The van der Waals surface area contributed by atoms with Crippen LogP contribution in [0.25, 0.3) is 0 Å². The molecule has 2 bridgehead atoms. The van der Waals surface area contributed by atoms with Crippen molar-refractivity contribution in [2.75, 3.05) is 14.2 Å². The van der Waals surface area contributed by atoms with Crippen LogP contribution in [0.2, 0.25) is 0 Å². The molecule has 1 aromatic rings. The molecule has 0 saturated carbocycles. The molecule has 0 radical (unpaired) electrons. The number of methoxy groups -OCH3 is 1. The van der Waals surface area contributed by atoms with Crippen molar-refractivity contribution in [1.29, 1.82) is 0 Å². The first-order valence-electron chi connectivity index (χ1n) is 18.6. The first-order valence-corrected chi connectivity index (χ1v) is 18.6. The van der Waals surface area contributed by atoms with E-state index in [9.17, 15) is 19.8 Å². The fourth-order valence-corrected chi connectivity index (χ4v) is 8.28. The molecular weight excluding hydrogens is 682 g/mol. The zero-order valence-electron chi connectivity index (χ0n) is 31.6. The highest BCUT2D eigenvalue weighted by atomic mass is 16.7. The Morgan fingerprint density at radius 2 is 1.79 bits per heavy atom. The maximum absolute atomic E-state index is 14.2. The van der Waals surface area contributed by atoms with E-state index in [-0.39, 0.29) is 23.3 Å². The predicted octanol–water partition coefficient (Wildman–Crippen LogP) is 5.08. The van der Waals surface area contributed by atoms with Gasteiger partial charge in [0.1, 0.15) is 43.0 Å². The van der Waals surface area contributed by atoms with Gasteiger partial charge in [-0.25, -0.2) is 4.79 Å². The third kappa shape index (κ3) is 7.81. The minimum Gasteiger partial charge on any atom is -0.462 e. The van der Waals surface area contributed by atoms with Gasteiger partial charge < -0.3 is 43.5 Å². The van der Waals surface area contributed by atoms with E-state index in [1.165, 1.54) is 14.2 Å². The van der Waals surface area contributed by atoms with Gasteiger partial charge >= 0.3 is 11.9 Å². The number of ether oxygens (including phenoxy) is 6. The molecule has 4 aliphatic heterocycles. The zero-order chi connectivity index (χ0) is 38.1. The normalized spacial score (nSPS) is 41.9. The van der Waals surface area contributed by atoms with Crippen molar-refractivity contribution in [3.8, 4) is 0 Å². The van der Waals surface area contributed by atoms with Gasteiger partial charge in [-0.15, -0.1) is 0 Å². The van der Waals surface area contributed by atoms with Crippen LogP contribution >= 0.6 is 0 Å². The van der Waals surface area contributed by atoms with E-state index in [1.807, 2.05) is 39.0 Å². The largest absolute Gasteiger partial charge is 0.462 e. The van der Waals surface area contributed by atoms with E-state index < -0.39 is 66.1 Å². The fraction of sp³-hybridized carbons (Fsp3) is 0.585. The number of nitrogens with zero attached hydrogens (tertiary/aromatic N) is 1. The molecule has 53 heavy (non-hydrogen) atoms. The Hall–Kier alpha value is -3.65. The number of carbonyl (C=O) groups is 2. The van der Waals surface area contributed by atoms with Gasteiger partial charge in [-0.1, -0.05) is 79.7 Å². The molecule has 1 aromatic carbocycles. The van der Waals surface area contributed by atoms with Crippen LogP contribution in [0.1, 0.15) is 72.3 Å². The van der Waals surface area contributed by atoms with Crippen LogP contribution in [-0.4, -0.2) is 96.4 Å². The standard InChI is InChI=1S/C41H53NO11/c1-23-18-19-40(52-27(23)5)22-30-21-29(53-40)17-16-25(3)35(50-38(45)33(42-48-7)28-13-9-8-10-14-28)24(2)12-11-15-31-39(47-6)51-36-34(43)26(4)20-32(37(44)49-30)41(31,36)46/h8-16,20,23-24,27,29-30,32,34-36,39,43,46H,17-19,21-22H2,1-7H3/b12-11+,25-16+,31-15+,42-33-/t23-,24-,27?,29?,30?,32?,34+,35?,36?,39+,40?,41+/m0/s1. The van der Waals surface area contributed by atoms with E-state index in [2.05, 4.69) is 12.1 Å². The fourth-order valence-electron chi connectivity index (χ4n) is 8.28. The summed E-state index contributed by atoms with van der Waals surface area (Å²) in [5, 5.41) is 27.7. The van der Waals surface area contributed by atoms with Crippen LogP contribution in [0.4, 0.5) is 0 Å². The van der Waals surface area contributed by atoms with Crippen molar-refractivity contribution in [3.05, 3.63) is 83.0 Å². The lowest BCUT2D eigenvalue weighted by Gasteiger charge is -2.49. The highest BCUT2D eigenvalue weighted by molar-refractivity contribution is 6.43. The molecule has 3 saturated heterocycles. The van der Waals surface area contributed by atoms with Crippen molar-refractivity contribution in [3.63, 3.8) is 0 Å². The average Bonchev–Trinajstić information content (AvgIpc) is 3.43. The van der Waals surface area contributed by atoms with E-state index >= 15 is 0 Å². The first-order chi connectivity index (χ1) is 25.3. The van der Waals surface area contributed by atoms with Crippen LogP contribution < -0.4 is 0 Å². The SMILES string of the molecule is CO/N=C(\C(=O)OC1/C(C)=C/CC2CC(CC3(CC[C@H](C)C(C)O3)O2)OC(=O)C2C=C(C)[C@@H](O)C3O[C@@H](OC)/C(=C\C=C\[C@@H]1C)[C@@]23O)c1ccccc1. The Balaban J connectivity index is 1.42. The lowest BCUT2D eigenvalue weighted by Crippen LogP contribution is -2.58. The average molecular weight is 736 g/mol. The van der Waals surface area contributed by atoms with Crippen LogP contribution in [-0.2, 0) is 42.8 Å². The number of fused-ring (bicyclic) bond motifs is 2. The minimum absolute atomic E-state index is 0.0240. The minimum atomic E-state index is -1.99. The summed E-state index contributed by atoms with van der Waals surface area (Å²) in [5.74, 6) is -3.51. The molecule has 5 aliphatic rings. The number of benzene rings is 1. The first kappa shape index (κ1) is 39.1. The van der Waals surface area contributed by atoms with Gasteiger partial charge in [0.05, 0.1) is 12.2 Å². The van der Waals surface area contributed by atoms with E-state index in [1.54, 1.807) is 49.4 Å². The molecule has 12 heteroatoms. The maximum atomic E-state index is 14.2. The number of rotatable bonds is 5. The lowest BCUT2D eigenvalue weighted by atomic mass is 9.70.